The summed E-state index contributed by atoms with van der Waals surface area (Å²) < 4.78 is 14.2. The van der Waals surface area contributed by atoms with Crippen molar-refractivity contribution >= 4 is 10.9 Å². The summed E-state index contributed by atoms with van der Waals surface area (Å²) in [5, 5.41) is 0.932. The fraction of sp³-hybridized carbons (Fsp3) is 0.211. The van der Waals surface area contributed by atoms with Gasteiger partial charge in [-0.2, -0.15) is 0 Å². The first-order chi connectivity index (χ1) is 10.3. The number of benzene rings is 2. The summed E-state index contributed by atoms with van der Waals surface area (Å²) in [7, 11) is 0. The van der Waals surface area contributed by atoms with E-state index in [1.807, 2.05) is 24.3 Å². The van der Waals surface area contributed by atoms with E-state index in [0.717, 1.165) is 35.9 Å². The lowest BCUT2D eigenvalue weighted by molar-refractivity contribution is 0.632. The molecule has 1 aromatic heterocycles. The fourth-order valence-electron chi connectivity index (χ4n) is 3.34. The minimum Gasteiger partial charge on any atom is -0.249 e. The second-order valence-electron chi connectivity index (χ2n) is 5.62. The van der Waals surface area contributed by atoms with Crippen LogP contribution in [0.15, 0.2) is 48.5 Å². The molecule has 0 bridgehead atoms. The van der Waals surface area contributed by atoms with Crippen molar-refractivity contribution in [1.82, 2.24) is 4.98 Å². The van der Waals surface area contributed by atoms with Gasteiger partial charge in [0.2, 0.25) is 0 Å². The highest BCUT2D eigenvalue weighted by molar-refractivity contribution is 5.97. The maximum absolute atomic E-state index is 14.2. The molecule has 1 heterocycles. The molecule has 0 fully saturated rings. The summed E-state index contributed by atoms with van der Waals surface area (Å²) in [5.74, 6) is -0.224. The molecule has 0 saturated heterocycles. The van der Waals surface area contributed by atoms with Crippen LogP contribution in [0.25, 0.3) is 22.0 Å². The zero-order chi connectivity index (χ0) is 14.2. The predicted octanol–water partition coefficient (Wildman–Crippen LogP) is 4.92. The van der Waals surface area contributed by atoms with Crippen LogP contribution in [0, 0.1) is 5.82 Å². The lowest BCUT2D eigenvalue weighted by Gasteiger charge is -2.21. The second-order valence-corrected chi connectivity index (χ2v) is 5.62. The average molecular weight is 277 g/mol. The topological polar surface area (TPSA) is 12.9 Å². The normalized spacial score (nSPS) is 14.1. The molecule has 0 saturated carbocycles. The molecule has 2 aromatic carbocycles. The molecular formula is C19H16FN. The Morgan fingerprint density at radius 2 is 1.67 bits per heavy atom. The third-order valence-electron chi connectivity index (χ3n) is 4.31. The average Bonchev–Trinajstić information content (AvgIpc) is 2.54. The molecule has 4 rings (SSSR count). The quantitative estimate of drug-likeness (QED) is 0.615. The third-order valence-corrected chi connectivity index (χ3v) is 4.31. The molecule has 0 aliphatic heterocycles. The van der Waals surface area contributed by atoms with E-state index in [-0.39, 0.29) is 5.82 Å². The van der Waals surface area contributed by atoms with Crippen molar-refractivity contribution in [3.05, 3.63) is 65.6 Å². The minimum atomic E-state index is -0.224. The van der Waals surface area contributed by atoms with Crippen LogP contribution in [0.1, 0.15) is 24.1 Å². The highest BCUT2D eigenvalue weighted by atomic mass is 19.1. The summed E-state index contributed by atoms with van der Waals surface area (Å²) in [6, 6.07) is 15.6. The number of nitrogens with zero attached hydrogens (tertiary/aromatic N) is 1. The molecule has 21 heavy (non-hydrogen) atoms. The summed E-state index contributed by atoms with van der Waals surface area (Å²) in [4.78, 5) is 4.63. The van der Waals surface area contributed by atoms with Crippen molar-refractivity contribution in [2.24, 2.45) is 0 Å². The molecule has 104 valence electrons. The number of hydrogen-bond donors (Lipinski definition) is 0. The Bertz CT molecular complexity index is 809. The van der Waals surface area contributed by atoms with Crippen LogP contribution in [-0.2, 0) is 12.8 Å². The number of fused-ring (bicyclic) bond motifs is 2. The molecule has 1 nitrogen and oxygen atoms in total. The molecule has 0 atom stereocenters. The van der Waals surface area contributed by atoms with Gasteiger partial charge in [-0.3, -0.25) is 0 Å². The SMILES string of the molecule is Fc1cccc2c(-c3ccccc3)c3c(nc12)CCCC3. The van der Waals surface area contributed by atoms with Crippen LogP contribution < -0.4 is 0 Å². The van der Waals surface area contributed by atoms with E-state index >= 15 is 0 Å². The van der Waals surface area contributed by atoms with Gasteiger partial charge in [0.25, 0.3) is 0 Å². The Kier molecular flexibility index (Phi) is 2.95. The Balaban J connectivity index is 2.13. The molecule has 0 radical (unpaired) electrons. The lowest BCUT2D eigenvalue weighted by atomic mass is 9.87. The van der Waals surface area contributed by atoms with Gasteiger partial charge in [0, 0.05) is 11.1 Å². The zero-order valence-electron chi connectivity index (χ0n) is 11.8. The molecule has 0 unspecified atom stereocenters. The summed E-state index contributed by atoms with van der Waals surface area (Å²) in [6.45, 7) is 0. The number of hydrogen-bond acceptors (Lipinski definition) is 1. The van der Waals surface area contributed by atoms with E-state index in [0.29, 0.717) is 5.52 Å². The van der Waals surface area contributed by atoms with Crippen LogP contribution in [0.2, 0.25) is 0 Å². The molecular weight excluding hydrogens is 261 g/mol. The lowest BCUT2D eigenvalue weighted by Crippen LogP contribution is -2.08. The second kappa shape index (κ2) is 4.96. The van der Waals surface area contributed by atoms with Crippen molar-refractivity contribution in [3.63, 3.8) is 0 Å². The third kappa shape index (κ3) is 2.02. The first kappa shape index (κ1) is 12.5. The number of pyridine rings is 1. The first-order valence-electron chi connectivity index (χ1n) is 7.50. The summed E-state index contributed by atoms with van der Waals surface area (Å²) in [6.07, 6.45) is 4.34. The molecule has 0 amide bonds. The van der Waals surface area contributed by atoms with E-state index in [9.17, 15) is 4.39 Å². The Hall–Kier alpha value is -2.22. The largest absolute Gasteiger partial charge is 0.249 e. The van der Waals surface area contributed by atoms with Gasteiger partial charge in [-0.25, -0.2) is 9.37 Å². The van der Waals surface area contributed by atoms with Gasteiger partial charge < -0.3 is 0 Å². The van der Waals surface area contributed by atoms with Crippen molar-refractivity contribution in [2.75, 3.05) is 0 Å². The Morgan fingerprint density at radius 3 is 2.52 bits per heavy atom. The van der Waals surface area contributed by atoms with Crippen LogP contribution >= 0.6 is 0 Å². The predicted molar refractivity (Wildman–Crippen MR) is 83.8 cm³/mol. The molecule has 3 aromatic rings. The number of para-hydroxylation sites is 1. The van der Waals surface area contributed by atoms with E-state index < -0.39 is 0 Å². The van der Waals surface area contributed by atoms with Gasteiger partial charge in [0.1, 0.15) is 11.3 Å². The van der Waals surface area contributed by atoms with Gasteiger partial charge in [-0.1, -0.05) is 42.5 Å². The van der Waals surface area contributed by atoms with Crippen LogP contribution in [-0.4, -0.2) is 4.98 Å². The molecule has 0 N–H and O–H groups in total. The number of rotatable bonds is 1. The Morgan fingerprint density at radius 1 is 0.857 bits per heavy atom. The van der Waals surface area contributed by atoms with Crippen LogP contribution in [0.3, 0.4) is 0 Å². The van der Waals surface area contributed by atoms with Crippen molar-refractivity contribution in [1.29, 1.82) is 0 Å². The monoisotopic (exact) mass is 277 g/mol. The highest BCUT2D eigenvalue weighted by Crippen LogP contribution is 2.36. The summed E-state index contributed by atoms with van der Waals surface area (Å²) >= 11 is 0. The smallest absolute Gasteiger partial charge is 0.149 e. The maximum Gasteiger partial charge on any atom is 0.149 e. The van der Waals surface area contributed by atoms with Crippen molar-refractivity contribution < 1.29 is 4.39 Å². The first-order valence-corrected chi connectivity index (χ1v) is 7.50. The van der Waals surface area contributed by atoms with Crippen molar-refractivity contribution in [3.8, 4) is 11.1 Å². The highest BCUT2D eigenvalue weighted by Gasteiger charge is 2.20. The van der Waals surface area contributed by atoms with Gasteiger partial charge in [-0.05, 0) is 48.4 Å². The van der Waals surface area contributed by atoms with E-state index in [4.69, 9.17) is 0 Å². The van der Waals surface area contributed by atoms with Crippen LogP contribution in [0.5, 0.6) is 0 Å². The van der Waals surface area contributed by atoms with Gasteiger partial charge in [0.05, 0.1) is 0 Å². The zero-order valence-corrected chi connectivity index (χ0v) is 11.8. The van der Waals surface area contributed by atoms with E-state index in [2.05, 4.69) is 17.1 Å². The van der Waals surface area contributed by atoms with Gasteiger partial charge in [0.15, 0.2) is 0 Å². The van der Waals surface area contributed by atoms with Gasteiger partial charge in [-0.15, -0.1) is 0 Å². The van der Waals surface area contributed by atoms with Gasteiger partial charge >= 0.3 is 0 Å². The van der Waals surface area contributed by atoms with E-state index in [1.165, 1.54) is 23.6 Å². The molecule has 0 spiro atoms. The minimum absolute atomic E-state index is 0.224. The number of aromatic nitrogens is 1. The Labute approximate surface area is 123 Å². The summed E-state index contributed by atoms with van der Waals surface area (Å²) in [5.41, 5.74) is 5.24. The fourth-order valence-corrected chi connectivity index (χ4v) is 3.34. The van der Waals surface area contributed by atoms with Crippen molar-refractivity contribution in [2.45, 2.75) is 25.7 Å². The molecule has 1 aliphatic rings. The van der Waals surface area contributed by atoms with E-state index in [1.54, 1.807) is 6.07 Å². The maximum atomic E-state index is 14.2. The molecule has 2 heteroatoms. The molecule has 1 aliphatic carbocycles. The number of aryl methyl sites for hydroxylation is 1. The van der Waals surface area contributed by atoms with Crippen LogP contribution in [0.4, 0.5) is 4.39 Å². The standard InChI is InChI=1S/C19H16FN/c20-16-11-6-10-15-18(13-7-2-1-3-8-13)14-9-4-5-12-17(14)21-19(15)16/h1-3,6-8,10-11H,4-5,9,12H2. The number of halogens is 1.